The number of hydrogen-bond donors (Lipinski definition) is 1. The molecule has 3 rings (SSSR count). The van der Waals surface area contributed by atoms with Crippen LogP contribution >= 0.6 is 0 Å². The fraction of sp³-hybridized carbons (Fsp3) is 0.429. The van der Waals surface area contributed by atoms with Crippen LogP contribution in [0.15, 0.2) is 12.1 Å². The van der Waals surface area contributed by atoms with Crippen molar-refractivity contribution in [3.63, 3.8) is 0 Å². The minimum Gasteiger partial charge on any atom is -0.465 e. The molecule has 0 aliphatic carbocycles. The lowest BCUT2D eigenvalue weighted by atomic mass is 9.94. The van der Waals surface area contributed by atoms with Gasteiger partial charge in [-0.05, 0) is 68.4 Å². The zero-order chi connectivity index (χ0) is 19.0. The van der Waals surface area contributed by atoms with Crippen LogP contribution in [0.4, 0.5) is 5.69 Å². The van der Waals surface area contributed by atoms with Crippen LogP contribution in [0.5, 0.6) is 0 Å². The van der Waals surface area contributed by atoms with Crippen LogP contribution in [0.3, 0.4) is 0 Å². The molecule has 0 saturated heterocycles. The van der Waals surface area contributed by atoms with Gasteiger partial charge in [0.2, 0.25) is 0 Å². The van der Waals surface area contributed by atoms with Crippen molar-refractivity contribution in [1.82, 2.24) is 4.98 Å². The third kappa shape index (κ3) is 2.91. The van der Waals surface area contributed by atoms with Gasteiger partial charge < -0.3 is 14.6 Å². The Morgan fingerprint density at radius 3 is 2.62 bits per heavy atom. The van der Waals surface area contributed by atoms with E-state index in [0.717, 1.165) is 29.8 Å². The first-order chi connectivity index (χ1) is 12.4. The number of carbonyl (C=O) groups is 2. The van der Waals surface area contributed by atoms with Crippen molar-refractivity contribution in [1.29, 1.82) is 0 Å². The predicted octanol–water partition coefficient (Wildman–Crippen LogP) is 3.88. The molecule has 1 N–H and O–H groups in total. The summed E-state index contributed by atoms with van der Waals surface area (Å²) in [5.41, 5.74) is 6.98. The molecule has 1 aliphatic rings. The maximum absolute atomic E-state index is 13.3. The molecule has 0 radical (unpaired) electrons. The van der Waals surface area contributed by atoms with Gasteiger partial charge >= 0.3 is 5.97 Å². The van der Waals surface area contributed by atoms with E-state index in [1.807, 2.05) is 18.7 Å². The zero-order valence-electron chi connectivity index (χ0n) is 16.2. The Kier molecular flexibility index (Phi) is 4.90. The molecule has 0 bridgehead atoms. The Morgan fingerprint density at radius 1 is 1.23 bits per heavy atom. The van der Waals surface area contributed by atoms with E-state index < -0.39 is 5.97 Å². The molecule has 0 atom stereocenters. The maximum Gasteiger partial charge on any atom is 0.339 e. The summed E-state index contributed by atoms with van der Waals surface area (Å²) in [6.07, 6.45) is 2.56. The molecule has 26 heavy (non-hydrogen) atoms. The van der Waals surface area contributed by atoms with Gasteiger partial charge in [0.15, 0.2) is 0 Å². The number of nitrogens with one attached hydrogen (secondary N) is 1. The average Bonchev–Trinajstić information content (AvgIpc) is 2.96. The standard InChI is InChI=1S/C21H26N2O3/c1-6-16-18(21(25)26-5)14(4)19(22-16)20(24)23-9-7-8-15-13(3)10-12(2)11-17(15)23/h10-11,22H,6-9H2,1-5H3. The Bertz CT molecular complexity index is 880. The Morgan fingerprint density at radius 2 is 1.96 bits per heavy atom. The number of nitrogens with zero attached hydrogens (tertiary/aromatic N) is 1. The molecule has 0 unspecified atom stereocenters. The number of hydrogen-bond acceptors (Lipinski definition) is 3. The van der Waals surface area contributed by atoms with Crippen molar-refractivity contribution >= 4 is 17.6 Å². The molecule has 2 heterocycles. The minimum atomic E-state index is -0.402. The lowest BCUT2D eigenvalue weighted by molar-refractivity contribution is 0.0599. The minimum absolute atomic E-state index is 0.0849. The number of fused-ring (bicyclic) bond motifs is 1. The van der Waals surface area contributed by atoms with Gasteiger partial charge in [0.25, 0.3) is 5.91 Å². The fourth-order valence-corrected chi connectivity index (χ4v) is 3.94. The summed E-state index contributed by atoms with van der Waals surface area (Å²) in [7, 11) is 1.36. The van der Waals surface area contributed by atoms with Crippen molar-refractivity contribution in [2.75, 3.05) is 18.6 Å². The van der Waals surface area contributed by atoms with Crippen LogP contribution in [0, 0.1) is 20.8 Å². The number of anilines is 1. The molecule has 1 aliphatic heterocycles. The number of carbonyl (C=O) groups excluding carboxylic acids is 2. The molecule has 1 aromatic heterocycles. The highest BCUT2D eigenvalue weighted by atomic mass is 16.5. The van der Waals surface area contributed by atoms with Crippen LogP contribution < -0.4 is 4.90 Å². The molecule has 1 aromatic carbocycles. The molecule has 0 spiro atoms. The zero-order valence-corrected chi connectivity index (χ0v) is 16.2. The van der Waals surface area contributed by atoms with Gasteiger partial charge in [0, 0.05) is 17.9 Å². The normalized spacial score (nSPS) is 13.5. The molecular weight excluding hydrogens is 328 g/mol. The van der Waals surface area contributed by atoms with Gasteiger partial charge in [-0.15, -0.1) is 0 Å². The smallest absolute Gasteiger partial charge is 0.339 e. The lowest BCUT2D eigenvalue weighted by Crippen LogP contribution is -2.36. The monoisotopic (exact) mass is 354 g/mol. The van der Waals surface area contributed by atoms with E-state index in [4.69, 9.17) is 4.74 Å². The van der Waals surface area contributed by atoms with E-state index in [2.05, 4.69) is 31.0 Å². The van der Waals surface area contributed by atoms with Crippen molar-refractivity contribution in [2.24, 2.45) is 0 Å². The van der Waals surface area contributed by atoms with E-state index in [-0.39, 0.29) is 5.91 Å². The van der Waals surface area contributed by atoms with Crippen molar-refractivity contribution in [2.45, 2.75) is 47.0 Å². The van der Waals surface area contributed by atoms with Crippen LogP contribution in [0.25, 0.3) is 0 Å². The first-order valence-electron chi connectivity index (χ1n) is 9.10. The first kappa shape index (κ1) is 18.2. The van der Waals surface area contributed by atoms with Crippen molar-refractivity contribution in [3.05, 3.63) is 51.3 Å². The van der Waals surface area contributed by atoms with E-state index in [9.17, 15) is 9.59 Å². The fourth-order valence-electron chi connectivity index (χ4n) is 3.94. The van der Waals surface area contributed by atoms with Crippen LogP contribution in [0.2, 0.25) is 0 Å². The van der Waals surface area contributed by atoms with Gasteiger partial charge in [0.1, 0.15) is 5.69 Å². The highest BCUT2D eigenvalue weighted by Gasteiger charge is 2.30. The molecule has 0 saturated carbocycles. The van der Waals surface area contributed by atoms with Gasteiger partial charge in [-0.2, -0.15) is 0 Å². The number of aryl methyl sites for hydroxylation is 3. The summed E-state index contributed by atoms with van der Waals surface area (Å²) in [4.78, 5) is 30.5. The Hall–Kier alpha value is -2.56. The second-order valence-electron chi connectivity index (χ2n) is 6.96. The van der Waals surface area contributed by atoms with Gasteiger partial charge in [-0.1, -0.05) is 13.0 Å². The van der Waals surface area contributed by atoms with E-state index in [1.165, 1.54) is 18.2 Å². The summed E-state index contributed by atoms with van der Waals surface area (Å²) in [6, 6.07) is 4.25. The van der Waals surface area contributed by atoms with Crippen LogP contribution in [-0.4, -0.2) is 30.5 Å². The molecule has 5 nitrogen and oxygen atoms in total. The number of aromatic nitrogens is 1. The number of amides is 1. The van der Waals surface area contributed by atoms with E-state index >= 15 is 0 Å². The van der Waals surface area contributed by atoms with Gasteiger partial charge in [0.05, 0.1) is 12.7 Å². The predicted molar refractivity (Wildman–Crippen MR) is 102 cm³/mol. The summed E-state index contributed by atoms with van der Waals surface area (Å²) in [5, 5.41) is 0. The highest BCUT2D eigenvalue weighted by molar-refractivity contribution is 6.09. The summed E-state index contributed by atoms with van der Waals surface area (Å²) in [5.74, 6) is -0.487. The molecular formula is C21H26N2O3. The third-order valence-corrected chi connectivity index (χ3v) is 5.22. The van der Waals surface area contributed by atoms with E-state index in [1.54, 1.807) is 0 Å². The first-order valence-corrected chi connectivity index (χ1v) is 9.10. The lowest BCUT2D eigenvalue weighted by Gasteiger charge is -2.31. The molecule has 5 heteroatoms. The molecule has 0 fully saturated rings. The summed E-state index contributed by atoms with van der Waals surface area (Å²) in [6.45, 7) is 8.60. The van der Waals surface area contributed by atoms with Crippen molar-refractivity contribution < 1.29 is 14.3 Å². The molecule has 1 amide bonds. The topological polar surface area (TPSA) is 62.4 Å². The number of ether oxygens (including phenoxy) is 1. The second-order valence-corrected chi connectivity index (χ2v) is 6.96. The average molecular weight is 354 g/mol. The number of benzene rings is 1. The third-order valence-electron chi connectivity index (χ3n) is 5.22. The quantitative estimate of drug-likeness (QED) is 0.851. The molecule has 138 valence electrons. The number of rotatable bonds is 3. The number of aromatic amines is 1. The number of methoxy groups -OCH3 is 1. The second kappa shape index (κ2) is 6.98. The highest BCUT2D eigenvalue weighted by Crippen LogP contribution is 2.33. The summed E-state index contributed by atoms with van der Waals surface area (Å²) >= 11 is 0. The van der Waals surface area contributed by atoms with Gasteiger partial charge in [-0.3, -0.25) is 4.79 Å². The van der Waals surface area contributed by atoms with Crippen molar-refractivity contribution in [3.8, 4) is 0 Å². The Balaban J connectivity index is 2.07. The van der Waals surface area contributed by atoms with Crippen LogP contribution in [0.1, 0.15) is 62.1 Å². The SMILES string of the molecule is CCc1[nH]c(C(=O)N2CCCc3c(C)cc(C)cc32)c(C)c1C(=O)OC. The van der Waals surface area contributed by atoms with Gasteiger partial charge in [-0.25, -0.2) is 4.79 Å². The summed E-state index contributed by atoms with van der Waals surface area (Å²) < 4.78 is 4.90. The number of esters is 1. The largest absolute Gasteiger partial charge is 0.465 e. The molecule has 2 aromatic rings. The van der Waals surface area contributed by atoms with Crippen LogP contribution in [-0.2, 0) is 17.6 Å². The number of H-pyrrole nitrogens is 1. The van der Waals surface area contributed by atoms with E-state index in [0.29, 0.717) is 29.8 Å². The Labute approximate surface area is 154 Å². The maximum atomic E-state index is 13.3.